The van der Waals surface area contributed by atoms with E-state index in [0.29, 0.717) is 37.8 Å². The Morgan fingerprint density at radius 3 is 2.72 bits per heavy atom. The van der Waals surface area contributed by atoms with E-state index in [0.717, 1.165) is 42.8 Å². The van der Waals surface area contributed by atoms with Gasteiger partial charge in [-0.05, 0) is 60.9 Å². The van der Waals surface area contributed by atoms with Crippen molar-refractivity contribution < 1.29 is 23.1 Å². The van der Waals surface area contributed by atoms with Gasteiger partial charge in [-0.1, -0.05) is 24.3 Å². The Morgan fingerprint density at radius 1 is 1.12 bits per heavy atom. The van der Waals surface area contributed by atoms with E-state index in [2.05, 4.69) is 5.32 Å². The van der Waals surface area contributed by atoms with Gasteiger partial charge in [0.25, 0.3) is 0 Å². The van der Waals surface area contributed by atoms with Gasteiger partial charge in [-0.15, -0.1) is 0 Å². The van der Waals surface area contributed by atoms with E-state index < -0.39 is 11.6 Å². The third-order valence-electron chi connectivity index (χ3n) is 5.93. The number of benzene rings is 2. The fourth-order valence-electron chi connectivity index (χ4n) is 4.11. The molecule has 0 saturated carbocycles. The van der Waals surface area contributed by atoms with E-state index in [1.807, 2.05) is 29.2 Å². The molecule has 1 N–H and O–H groups in total. The average molecular weight is 445 g/mol. The maximum atomic E-state index is 13.3. The average Bonchev–Trinajstić information content (AvgIpc) is 2.82. The quantitative estimate of drug-likeness (QED) is 0.629. The summed E-state index contributed by atoms with van der Waals surface area (Å²) >= 11 is 0. The van der Waals surface area contributed by atoms with Crippen LogP contribution >= 0.6 is 0 Å². The standard InChI is InChI=1S/C25H30F2N2O3/c1-32-23-7-3-2-6-20(23)10-13-25(31)29-14-4-5-18(17-29)9-12-24(30)28-16-19-8-11-21(26)22(27)15-19/h2-3,6-8,11,15,18H,4-5,9-10,12-14,16-17H2,1H3,(H,28,30). The fourth-order valence-corrected chi connectivity index (χ4v) is 4.11. The van der Waals surface area contributed by atoms with Crippen LogP contribution in [0.25, 0.3) is 0 Å². The third kappa shape index (κ3) is 6.77. The summed E-state index contributed by atoms with van der Waals surface area (Å²) in [5.74, 6) is -0.745. The lowest BCUT2D eigenvalue weighted by Gasteiger charge is -2.33. The summed E-state index contributed by atoms with van der Waals surface area (Å²) in [6.07, 6.45) is 4.03. The van der Waals surface area contributed by atoms with Crippen molar-refractivity contribution in [2.45, 2.75) is 45.1 Å². The van der Waals surface area contributed by atoms with Crippen molar-refractivity contribution in [1.29, 1.82) is 0 Å². The Bertz CT molecular complexity index is 935. The minimum Gasteiger partial charge on any atom is -0.496 e. The molecule has 1 atom stereocenters. The molecule has 2 aromatic rings. The SMILES string of the molecule is COc1ccccc1CCC(=O)N1CCCC(CCC(=O)NCc2ccc(F)c(F)c2)C1. The van der Waals surface area contributed by atoms with Crippen LogP contribution in [-0.4, -0.2) is 36.9 Å². The van der Waals surface area contributed by atoms with Gasteiger partial charge in [0.05, 0.1) is 7.11 Å². The van der Waals surface area contributed by atoms with E-state index in [9.17, 15) is 18.4 Å². The maximum Gasteiger partial charge on any atom is 0.222 e. The third-order valence-corrected chi connectivity index (χ3v) is 5.93. The second kappa shape index (κ2) is 11.6. The summed E-state index contributed by atoms with van der Waals surface area (Å²) in [6, 6.07) is 11.3. The molecule has 172 valence electrons. The summed E-state index contributed by atoms with van der Waals surface area (Å²) in [6.45, 7) is 1.58. The van der Waals surface area contributed by atoms with Crippen molar-refractivity contribution in [1.82, 2.24) is 10.2 Å². The highest BCUT2D eigenvalue weighted by Crippen LogP contribution is 2.23. The molecule has 2 amide bonds. The zero-order valence-corrected chi connectivity index (χ0v) is 18.4. The molecule has 3 rings (SSSR count). The van der Waals surface area contributed by atoms with Crippen molar-refractivity contribution in [2.24, 2.45) is 5.92 Å². The first-order valence-electron chi connectivity index (χ1n) is 11.1. The predicted molar refractivity (Wildman–Crippen MR) is 118 cm³/mol. The zero-order valence-electron chi connectivity index (χ0n) is 18.4. The number of aryl methyl sites for hydroxylation is 1. The topological polar surface area (TPSA) is 58.6 Å². The second-order valence-electron chi connectivity index (χ2n) is 8.22. The molecule has 1 aliphatic heterocycles. The molecule has 0 aliphatic carbocycles. The molecule has 5 nitrogen and oxygen atoms in total. The molecule has 2 aromatic carbocycles. The normalized spacial score (nSPS) is 16.0. The molecule has 32 heavy (non-hydrogen) atoms. The van der Waals surface area contributed by atoms with Gasteiger partial charge in [0, 0.05) is 32.5 Å². The number of methoxy groups -OCH3 is 1. The van der Waals surface area contributed by atoms with Gasteiger partial charge in [0.15, 0.2) is 11.6 Å². The van der Waals surface area contributed by atoms with Crippen LogP contribution in [0.4, 0.5) is 8.78 Å². The van der Waals surface area contributed by atoms with Crippen LogP contribution in [0.2, 0.25) is 0 Å². The number of piperidine rings is 1. The molecule has 1 saturated heterocycles. The molecule has 0 bridgehead atoms. The first-order chi connectivity index (χ1) is 15.5. The number of rotatable bonds is 9. The first-order valence-corrected chi connectivity index (χ1v) is 11.1. The van der Waals surface area contributed by atoms with E-state index >= 15 is 0 Å². The number of para-hydroxylation sites is 1. The molecule has 0 spiro atoms. The highest BCUT2D eigenvalue weighted by molar-refractivity contribution is 5.77. The van der Waals surface area contributed by atoms with Crippen molar-refractivity contribution in [3.05, 3.63) is 65.2 Å². The number of halogens is 2. The molecule has 1 unspecified atom stereocenters. The van der Waals surface area contributed by atoms with E-state index in [4.69, 9.17) is 4.74 Å². The van der Waals surface area contributed by atoms with Gasteiger partial charge < -0.3 is 15.0 Å². The summed E-state index contributed by atoms with van der Waals surface area (Å²) in [7, 11) is 1.63. The minimum atomic E-state index is -0.922. The summed E-state index contributed by atoms with van der Waals surface area (Å²) < 4.78 is 31.6. The van der Waals surface area contributed by atoms with Crippen LogP contribution in [-0.2, 0) is 22.6 Å². The lowest BCUT2D eigenvalue weighted by molar-refractivity contribution is -0.133. The van der Waals surface area contributed by atoms with E-state index in [1.165, 1.54) is 6.07 Å². The summed E-state index contributed by atoms with van der Waals surface area (Å²) in [4.78, 5) is 26.8. The number of carbonyl (C=O) groups is 2. The molecular weight excluding hydrogens is 414 g/mol. The van der Waals surface area contributed by atoms with Crippen LogP contribution in [0.1, 0.15) is 43.2 Å². The van der Waals surface area contributed by atoms with Crippen LogP contribution in [0.5, 0.6) is 5.75 Å². The van der Waals surface area contributed by atoms with Gasteiger partial charge >= 0.3 is 0 Å². The number of nitrogens with zero attached hydrogens (tertiary/aromatic N) is 1. The number of ether oxygens (including phenoxy) is 1. The van der Waals surface area contributed by atoms with Gasteiger partial charge in [-0.25, -0.2) is 8.78 Å². The van der Waals surface area contributed by atoms with Crippen LogP contribution in [0, 0.1) is 17.6 Å². The highest BCUT2D eigenvalue weighted by Gasteiger charge is 2.24. The number of nitrogens with one attached hydrogen (secondary N) is 1. The monoisotopic (exact) mass is 444 g/mol. The fraction of sp³-hybridized carbons (Fsp3) is 0.440. The largest absolute Gasteiger partial charge is 0.496 e. The number of likely N-dealkylation sites (tertiary alicyclic amines) is 1. The molecule has 1 aliphatic rings. The van der Waals surface area contributed by atoms with Crippen molar-refractivity contribution in [2.75, 3.05) is 20.2 Å². The first kappa shape index (κ1) is 23.7. The predicted octanol–water partition coefficient (Wildman–Crippen LogP) is 4.24. The van der Waals surface area contributed by atoms with E-state index in [-0.39, 0.29) is 24.3 Å². The van der Waals surface area contributed by atoms with E-state index in [1.54, 1.807) is 7.11 Å². The Morgan fingerprint density at radius 2 is 1.94 bits per heavy atom. The van der Waals surface area contributed by atoms with Crippen LogP contribution in [0.3, 0.4) is 0 Å². The molecule has 7 heteroatoms. The van der Waals surface area contributed by atoms with Crippen molar-refractivity contribution in [3.8, 4) is 5.75 Å². The number of hydrogen-bond acceptors (Lipinski definition) is 3. The van der Waals surface area contributed by atoms with Crippen molar-refractivity contribution >= 4 is 11.8 Å². The Labute approximate surface area is 187 Å². The summed E-state index contributed by atoms with van der Waals surface area (Å²) in [5, 5.41) is 2.75. The number of hydrogen-bond donors (Lipinski definition) is 1. The number of amides is 2. The molecule has 1 fully saturated rings. The van der Waals surface area contributed by atoms with Gasteiger partial charge in [0.1, 0.15) is 5.75 Å². The lowest BCUT2D eigenvalue weighted by Crippen LogP contribution is -2.40. The molecule has 0 aromatic heterocycles. The smallest absolute Gasteiger partial charge is 0.222 e. The van der Waals surface area contributed by atoms with Crippen LogP contribution in [0.15, 0.2) is 42.5 Å². The molecule has 0 radical (unpaired) electrons. The maximum absolute atomic E-state index is 13.3. The minimum absolute atomic E-state index is 0.128. The Balaban J connectivity index is 1.40. The zero-order chi connectivity index (χ0) is 22.9. The highest BCUT2D eigenvalue weighted by atomic mass is 19.2. The van der Waals surface area contributed by atoms with Gasteiger partial charge in [0.2, 0.25) is 11.8 Å². The van der Waals surface area contributed by atoms with Crippen LogP contribution < -0.4 is 10.1 Å². The Kier molecular flexibility index (Phi) is 8.59. The summed E-state index contributed by atoms with van der Waals surface area (Å²) in [5.41, 5.74) is 1.54. The van der Waals surface area contributed by atoms with Crippen molar-refractivity contribution in [3.63, 3.8) is 0 Å². The number of carbonyl (C=O) groups excluding carboxylic acids is 2. The van der Waals surface area contributed by atoms with Gasteiger partial charge in [-0.2, -0.15) is 0 Å². The van der Waals surface area contributed by atoms with Gasteiger partial charge in [-0.3, -0.25) is 9.59 Å². The molecular formula is C25H30F2N2O3. The Hall–Kier alpha value is -2.96. The molecule has 1 heterocycles. The lowest BCUT2D eigenvalue weighted by atomic mass is 9.93. The second-order valence-corrected chi connectivity index (χ2v) is 8.22.